The maximum Gasteiger partial charge on any atom is 0.441 e. The zero-order chi connectivity index (χ0) is 29.2. The number of fused-ring (bicyclic) bond motifs is 3. The Morgan fingerprint density at radius 3 is 2.33 bits per heavy atom. The highest BCUT2D eigenvalue weighted by Crippen LogP contribution is 2.31. The van der Waals surface area contributed by atoms with Crippen molar-refractivity contribution in [2.24, 2.45) is 11.3 Å². The zero-order valence-electron chi connectivity index (χ0n) is 24.4. The molecule has 1 atom stereocenters. The first-order valence-electron chi connectivity index (χ1n) is 13.6. The highest BCUT2D eigenvalue weighted by Gasteiger charge is 2.31. The molecule has 4 rings (SSSR count). The Morgan fingerprint density at radius 1 is 1.05 bits per heavy atom. The number of hydroxylamine groups is 2. The second kappa shape index (κ2) is 11.6. The average Bonchev–Trinajstić information content (AvgIpc) is 2.88. The van der Waals surface area contributed by atoms with Crippen LogP contribution in [0.4, 0.5) is 4.79 Å². The first-order valence-corrected chi connectivity index (χ1v) is 13.6. The molecule has 40 heavy (non-hydrogen) atoms. The molecule has 2 heterocycles. The van der Waals surface area contributed by atoms with E-state index in [9.17, 15) is 14.7 Å². The fourth-order valence-electron chi connectivity index (χ4n) is 5.29. The smallest absolute Gasteiger partial charge is 0.441 e. The number of benzene rings is 2. The number of aryl methyl sites for hydroxylation is 1. The lowest BCUT2D eigenvalue weighted by atomic mass is 9.85. The Bertz CT molecular complexity index is 1570. The summed E-state index contributed by atoms with van der Waals surface area (Å²) in [5.41, 5.74) is 1.97. The van der Waals surface area contributed by atoms with Crippen LogP contribution in [0, 0.1) is 18.3 Å². The predicted octanol–water partition coefficient (Wildman–Crippen LogP) is 7.04. The number of carboxylic acid groups (broad SMARTS) is 1. The number of carbonyl (C=O) groups is 1. The van der Waals surface area contributed by atoms with Crippen molar-refractivity contribution in [3.8, 4) is 11.5 Å². The summed E-state index contributed by atoms with van der Waals surface area (Å²) in [6, 6.07) is 14.5. The minimum Gasteiger partial charge on any atom is -0.497 e. The maximum atomic E-state index is 13.9. The van der Waals surface area contributed by atoms with Gasteiger partial charge >= 0.3 is 6.09 Å². The Hall–Kier alpha value is -4.07. The number of rotatable bonds is 9. The van der Waals surface area contributed by atoms with Crippen LogP contribution in [0.5, 0.6) is 11.5 Å². The van der Waals surface area contributed by atoms with Gasteiger partial charge in [0.15, 0.2) is 5.75 Å². The molecule has 0 aliphatic carbocycles. The standard InChI is InChI=1S/C32H39N3O5/c1-20(2)16-23(18-32(4,5)6)35(31(37)38)40-25-12-13-26-27-14-15-33-21(3)29(27)30(36)34(28(26)17-25)19-22-8-10-24(39-7)11-9-22/h8-15,17,20,23H,16,18-19H2,1-7H3,(H,37,38)/t23-/m0/s1. The fourth-order valence-corrected chi connectivity index (χ4v) is 5.29. The van der Waals surface area contributed by atoms with Gasteiger partial charge in [-0.15, -0.1) is 5.06 Å². The number of aromatic nitrogens is 2. The van der Waals surface area contributed by atoms with Crippen LogP contribution in [-0.2, 0) is 6.54 Å². The third-order valence-corrected chi connectivity index (χ3v) is 6.96. The van der Waals surface area contributed by atoms with E-state index in [2.05, 4.69) is 39.6 Å². The lowest BCUT2D eigenvalue weighted by molar-refractivity contribution is -0.0825. The number of hydrogen-bond acceptors (Lipinski definition) is 5. The molecule has 0 bridgehead atoms. The van der Waals surface area contributed by atoms with Crippen molar-refractivity contribution in [2.45, 2.75) is 67.0 Å². The molecule has 0 saturated carbocycles. The van der Waals surface area contributed by atoms with Crippen LogP contribution < -0.4 is 15.1 Å². The first-order chi connectivity index (χ1) is 18.9. The minimum absolute atomic E-state index is 0.0936. The van der Waals surface area contributed by atoms with Gasteiger partial charge in [0.25, 0.3) is 5.56 Å². The summed E-state index contributed by atoms with van der Waals surface area (Å²) in [6.45, 7) is 12.6. The number of hydrogen-bond donors (Lipinski definition) is 1. The number of amides is 1. The van der Waals surface area contributed by atoms with E-state index >= 15 is 0 Å². The molecule has 0 radical (unpaired) electrons. The maximum absolute atomic E-state index is 13.9. The highest BCUT2D eigenvalue weighted by atomic mass is 16.7. The van der Waals surface area contributed by atoms with Crippen molar-refractivity contribution in [1.29, 1.82) is 0 Å². The van der Waals surface area contributed by atoms with Gasteiger partial charge in [-0.2, -0.15) is 0 Å². The van der Waals surface area contributed by atoms with Gasteiger partial charge < -0.3 is 19.2 Å². The van der Waals surface area contributed by atoms with E-state index in [-0.39, 0.29) is 22.9 Å². The number of nitrogens with zero attached hydrogens (tertiary/aromatic N) is 3. The predicted molar refractivity (Wildman–Crippen MR) is 158 cm³/mol. The van der Waals surface area contributed by atoms with Gasteiger partial charge in [0, 0.05) is 17.6 Å². The van der Waals surface area contributed by atoms with Crippen molar-refractivity contribution in [2.75, 3.05) is 7.11 Å². The van der Waals surface area contributed by atoms with Crippen LogP contribution in [0.3, 0.4) is 0 Å². The topological polar surface area (TPSA) is 93.9 Å². The van der Waals surface area contributed by atoms with Gasteiger partial charge in [0.2, 0.25) is 0 Å². The summed E-state index contributed by atoms with van der Waals surface area (Å²) in [5, 5.41) is 13.5. The molecular weight excluding hydrogens is 506 g/mol. The van der Waals surface area contributed by atoms with Gasteiger partial charge in [-0.3, -0.25) is 9.78 Å². The van der Waals surface area contributed by atoms with Crippen LogP contribution in [0.2, 0.25) is 0 Å². The molecule has 1 amide bonds. The molecule has 1 N–H and O–H groups in total. The van der Waals surface area contributed by atoms with Gasteiger partial charge in [-0.05, 0) is 72.4 Å². The molecule has 0 unspecified atom stereocenters. The number of methoxy groups -OCH3 is 1. The molecule has 0 spiro atoms. The van der Waals surface area contributed by atoms with E-state index in [4.69, 9.17) is 9.57 Å². The van der Waals surface area contributed by atoms with Crippen LogP contribution in [0.15, 0.2) is 59.5 Å². The first kappa shape index (κ1) is 28.9. The van der Waals surface area contributed by atoms with Gasteiger partial charge in [-0.25, -0.2) is 4.79 Å². The summed E-state index contributed by atoms with van der Waals surface area (Å²) in [5.74, 6) is 1.37. The Balaban J connectivity index is 1.85. The largest absolute Gasteiger partial charge is 0.497 e. The van der Waals surface area contributed by atoms with Gasteiger partial charge in [0.05, 0.1) is 36.3 Å². The number of ether oxygens (including phenoxy) is 1. The Kier molecular flexibility index (Phi) is 8.37. The summed E-state index contributed by atoms with van der Waals surface area (Å²) < 4.78 is 6.99. The molecule has 2 aromatic heterocycles. The van der Waals surface area contributed by atoms with Gasteiger partial charge in [-0.1, -0.05) is 46.8 Å². The highest BCUT2D eigenvalue weighted by molar-refractivity contribution is 6.06. The molecule has 8 nitrogen and oxygen atoms in total. The van der Waals surface area contributed by atoms with Crippen molar-refractivity contribution >= 4 is 27.8 Å². The van der Waals surface area contributed by atoms with Gasteiger partial charge in [0.1, 0.15) is 5.75 Å². The fraction of sp³-hybridized carbons (Fsp3) is 0.406. The molecule has 0 aliphatic heterocycles. The van der Waals surface area contributed by atoms with E-state index < -0.39 is 6.09 Å². The SMILES string of the molecule is COc1ccc(Cn2c(=O)c3c(C)nccc3c3ccc(ON(C(=O)O)[C@@H](CC(C)C)CC(C)(C)C)cc32)cc1. The Morgan fingerprint density at radius 2 is 1.73 bits per heavy atom. The molecule has 2 aromatic carbocycles. The van der Waals surface area contributed by atoms with Crippen molar-refractivity contribution in [3.05, 3.63) is 76.3 Å². The summed E-state index contributed by atoms with van der Waals surface area (Å²) >= 11 is 0. The second-order valence-corrected chi connectivity index (χ2v) is 12.0. The zero-order valence-corrected chi connectivity index (χ0v) is 24.4. The van der Waals surface area contributed by atoms with Crippen molar-refractivity contribution < 1.29 is 19.5 Å². The third-order valence-electron chi connectivity index (χ3n) is 6.96. The third kappa shape index (κ3) is 6.38. The van der Waals surface area contributed by atoms with Crippen molar-refractivity contribution in [3.63, 3.8) is 0 Å². The summed E-state index contributed by atoms with van der Waals surface area (Å²) in [6.07, 6.45) is 1.86. The van der Waals surface area contributed by atoms with E-state index in [0.717, 1.165) is 27.1 Å². The van der Waals surface area contributed by atoms with Crippen LogP contribution in [0.1, 0.15) is 58.7 Å². The van der Waals surface area contributed by atoms with E-state index in [1.807, 2.05) is 43.3 Å². The number of pyridine rings is 2. The molecule has 8 heteroatoms. The molecular formula is C32H39N3O5. The van der Waals surface area contributed by atoms with E-state index in [1.54, 1.807) is 30.0 Å². The van der Waals surface area contributed by atoms with E-state index in [1.165, 1.54) is 0 Å². The normalized spacial score (nSPS) is 12.6. The van der Waals surface area contributed by atoms with Crippen molar-refractivity contribution in [1.82, 2.24) is 14.6 Å². The molecule has 212 valence electrons. The van der Waals surface area contributed by atoms with E-state index in [0.29, 0.717) is 41.7 Å². The van der Waals surface area contributed by atoms with Crippen LogP contribution in [0.25, 0.3) is 21.7 Å². The van der Waals surface area contributed by atoms with Crippen LogP contribution in [-0.4, -0.2) is 39.0 Å². The molecule has 0 saturated heterocycles. The average molecular weight is 546 g/mol. The lowest BCUT2D eigenvalue weighted by Gasteiger charge is -2.34. The van der Waals surface area contributed by atoms with Crippen LogP contribution >= 0.6 is 0 Å². The lowest BCUT2D eigenvalue weighted by Crippen LogP contribution is -2.44. The summed E-state index contributed by atoms with van der Waals surface area (Å²) in [7, 11) is 1.61. The second-order valence-electron chi connectivity index (χ2n) is 12.0. The molecule has 0 aliphatic rings. The molecule has 0 fully saturated rings. The Labute approximate surface area is 235 Å². The minimum atomic E-state index is -1.15. The quantitative estimate of drug-likeness (QED) is 0.179. The monoisotopic (exact) mass is 545 g/mol. The summed E-state index contributed by atoms with van der Waals surface area (Å²) in [4.78, 5) is 36.8. The molecule has 4 aromatic rings.